The fourth-order valence-electron chi connectivity index (χ4n) is 2.38. The van der Waals surface area contributed by atoms with Crippen molar-refractivity contribution in [3.05, 3.63) is 0 Å². The molecule has 2 unspecified atom stereocenters. The molecular formula is C9H17NO. The highest BCUT2D eigenvalue weighted by atomic mass is 16.5. The average molecular weight is 155 g/mol. The summed E-state index contributed by atoms with van der Waals surface area (Å²) in [5, 5.41) is 3.60. The highest BCUT2D eigenvalue weighted by Gasteiger charge is 2.33. The van der Waals surface area contributed by atoms with Crippen LogP contribution in [0, 0.1) is 0 Å². The lowest BCUT2D eigenvalue weighted by Gasteiger charge is -2.28. The summed E-state index contributed by atoms with van der Waals surface area (Å²) in [5.74, 6) is 0. The lowest BCUT2D eigenvalue weighted by molar-refractivity contribution is 0.0281. The topological polar surface area (TPSA) is 21.3 Å². The maximum Gasteiger partial charge on any atom is 0.0604 e. The van der Waals surface area contributed by atoms with E-state index in [1.165, 1.54) is 25.7 Å². The largest absolute Gasteiger partial charge is 0.378 e. The molecule has 0 radical (unpaired) electrons. The van der Waals surface area contributed by atoms with Gasteiger partial charge in [-0.25, -0.2) is 0 Å². The van der Waals surface area contributed by atoms with Crippen LogP contribution in [-0.2, 0) is 4.74 Å². The number of ether oxygens (including phenoxy) is 1. The van der Waals surface area contributed by atoms with Crippen molar-refractivity contribution in [3.8, 4) is 0 Å². The van der Waals surface area contributed by atoms with Gasteiger partial charge in [-0.05, 0) is 32.6 Å². The lowest BCUT2D eigenvalue weighted by Crippen LogP contribution is -2.41. The number of hydrogen-bond donors (Lipinski definition) is 1. The van der Waals surface area contributed by atoms with Gasteiger partial charge in [0.15, 0.2) is 0 Å². The van der Waals surface area contributed by atoms with E-state index in [0.29, 0.717) is 6.10 Å². The Morgan fingerprint density at radius 2 is 1.91 bits per heavy atom. The summed E-state index contributed by atoms with van der Waals surface area (Å²) in [6.45, 7) is 2.97. The van der Waals surface area contributed by atoms with Crippen LogP contribution in [0.15, 0.2) is 0 Å². The van der Waals surface area contributed by atoms with Crippen LogP contribution < -0.4 is 5.32 Å². The lowest BCUT2D eigenvalue weighted by atomic mass is 10.0. The Balaban J connectivity index is 1.87. The average Bonchev–Trinajstić information content (AvgIpc) is 2.32. The molecule has 64 valence electrons. The van der Waals surface area contributed by atoms with Gasteiger partial charge in [-0.3, -0.25) is 0 Å². The zero-order chi connectivity index (χ0) is 7.68. The first-order valence-corrected chi connectivity index (χ1v) is 4.76. The molecule has 2 heterocycles. The highest BCUT2D eigenvalue weighted by molar-refractivity contribution is 4.92. The molecule has 0 aromatic rings. The van der Waals surface area contributed by atoms with Gasteiger partial charge in [0.05, 0.1) is 6.10 Å². The van der Waals surface area contributed by atoms with Gasteiger partial charge in [0.1, 0.15) is 0 Å². The molecule has 0 spiro atoms. The first-order chi connectivity index (χ1) is 5.38. The molecule has 0 saturated carbocycles. The number of fused-ring (bicyclic) bond motifs is 2. The molecule has 2 aliphatic rings. The molecule has 2 atom stereocenters. The Bertz CT molecular complexity index is 126. The summed E-state index contributed by atoms with van der Waals surface area (Å²) in [4.78, 5) is 0. The van der Waals surface area contributed by atoms with Crippen molar-refractivity contribution in [1.82, 2.24) is 5.32 Å². The minimum Gasteiger partial charge on any atom is -0.378 e. The van der Waals surface area contributed by atoms with E-state index in [0.717, 1.165) is 18.7 Å². The summed E-state index contributed by atoms with van der Waals surface area (Å²) in [5.41, 5.74) is 0. The Labute approximate surface area is 68.3 Å². The summed E-state index contributed by atoms with van der Waals surface area (Å²) >= 11 is 0. The Hall–Kier alpha value is -0.0800. The molecule has 2 aliphatic heterocycles. The quantitative estimate of drug-likeness (QED) is 0.649. The Kier molecular flexibility index (Phi) is 2.14. The predicted octanol–water partition coefficient (Wildman–Crippen LogP) is 1.31. The molecule has 2 bridgehead atoms. The van der Waals surface area contributed by atoms with E-state index in [1.807, 2.05) is 0 Å². The zero-order valence-corrected chi connectivity index (χ0v) is 7.18. The predicted molar refractivity (Wildman–Crippen MR) is 44.6 cm³/mol. The van der Waals surface area contributed by atoms with Gasteiger partial charge < -0.3 is 10.1 Å². The molecule has 2 rings (SSSR count). The third kappa shape index (κ3) is 1.57. The van der Waals surface area contributed by atoms with Crippen LogP contribution >= 0.6 is 0 Å². The van der Waals surface area contributed by atoms with Crippen LogP contribution in [0.1, 0.15) is 32.6 Å². The standard InChI is InChI=1S/C9H17NO/c1-2-11-9-5-7-3-4-8(6-9)10-7/h7-10H,2-6H2,1H3. The van der Waals surface area contributed by atoms with Gasteiger partial charge in [0.2, 0.25) is 0 Å². The summed E-state index contributed by atoms with van der Waals surface area (Å²) in [7, 11) is 0. The van der Waals surface area contributed by atoms with E-state index >= 15 is 0 Å². The van der Waals surface area contributed by atoms with Crippen LogP contribution in [0.3, 0.4) is 0 Å². The zero-order valence-electron chi connectivity index (χ0n) is 7.18. The second-order valence-electron chi connectivity index (χ2n) is 3.69. The number of piperidine rings is 1. The maximum absolute atomic E-state index is 5.62. The van der Waals surface area contributed by atoms with E-state index in [4.69, 9.17) is 4.74 Å². The number of rotatable bonds is 2. The molecule has 2 heteroatoms. The van der Waals surface area contributed by atoms with Crippen molar-refractivity contribution in [2.75, 3.05) is 6.61 Å². The van der Waals surface area contributed by atoms with E-state index in [9.17, 15) is 0 Å². The SMILES string of the molecule is CCOC1CC2CCC(C1)N2. The number of hydrogen-bond acceptors (Lipinski definition) is 2. The van der Waals surface area contributed by atoms with Gasteiger partial charge in [-0.2, -0.15) is 0 Å². The van der Waals surface area contributed by atoms with E-state index in [1.54, 1.807) is 0 Å². The summed E-state index contributed by atoms with van der Waals surface area (Å²) in [6.07, 6.45) is 5.77. The molecule has 0 amide bonds. The number of nitrogens with one attached hydrogen (secondary N) is 1. The van der Waals surface area contributed by atoms with Gasteiger partial charge in [-0.15, -0.1) is 0 Å². The van der Waals surface area contributed by atoms with Gasteiger partial charge >= 0.3 is 0 Å². The molecule has 2 nitrogen and oxygen atoms in total. The van der Waals surface area contributed by atoms with Gasteiger partial charge in [0.25, 0.3) is 0 Å². The third-order valence-electron chi connectivity index (χ3n) is 2.83. The van der Waals surface area contributed by atoms with Crippen molar-refractivity contribution in [1.29, 1.82) is 0 Å². The van der Waals surface area contributed by atoms with Crippen LogP contribution in [0.5, 0.6) is 0 Å². The van der Waals surface area contributed by atoms with Crippen LogP contribution in [-0.4, -0.2) is 24.8 Å². The fraction of sp³-hybridized carbons (Fsp3) is 1.00. The normalized spacial score (nSPS) is 42.8. The van der Waals surface area contributed by atoms with Crippen molar-refractivity contribution >= 4 is 0 Å². The van der Waals surface area contributed by atoms with Gasteiger partial charge in [0, 0.05) is 18.7 Å². The molecule has 0 aliphatic carbocycles. The van der Waals surface area contributed by atoms with Crippen LogP contribution in [0.25, 0.3) is 0 Å². The molecule has 2 saturated heterocycles. The molecule has 1 N–H and O–H groups in total. The minimum absolute atomic E-state index is 0.554. The molecule has 2 fully saturated rings. The Morgan fingerprint density at radius 1 is 1.27 bits per heavy atom. The highest BCUT2D eigenvalue weighted by Crippen LogP contribution is 2.28. The smallest absolute Gasteiger partial charge is 0.0604 e. The summed E-state index contributed by atoms with van der Waals surface area (Å²) < 4.78 is 5.62. The minimum atomic E-state index is 0.554. The van der Waals surface area contributed by atoms with Crippen LogP contribution in [0.2, 0.25) is 0 Å². The van der Waals surface area contributed by atoms with Gasteiger partial charge in [-0.1, -0.05) is 0 Å². The van der Waals surface area contributed by atoms with Crippen molar-refractivity contribution in [2.45, 2.75) is 50.8 Å². The van der Waals surface area contributed by atoms with Crippen molar-refractivity contribution in [2.24, 2.45) is 0 Å². The first kappa shape index (κ1) is 7.56. The Morgan fingerprint density at radius 3 is 2.45 bits per heavy atom. The van der Waals surface area contributed by atoms with Crippen LogP contribution in [0.4, 0.5) is 0 Å². The molecule has 0 aromatic carbocycles. The monoisotopic (exact) mass is 155 g/mol. The third-order valence-corrected chi connectivity index (χ3v) is 2.83. The molecular weight excluding hydrogens is 138 g/mol. The second kappa shape index (κ2) is 3.11. The van der Waals surface area contributed by atoms with E-state index in [-0.39, 0.29) is 0 Å². The summed E-state index contributed by atoms with van der Waals surface area (Å²) in [6, 6.07) is 1.54. The second-order valence-corrected chi connectivity index (χ2v) is 3.69. The molecule has 0 aromatic heterocycles. The van der Waals surface area contributed by atoms with E-state index < -0.39 is 0 Å². The van der Waals surface area contributed by atoms with Crippen molar-refractivity contribution < 1.29 is 4.74 Å². The first-order valence-electron chi connectivity index (χ1n) is 4.76. The fourth-order valence-corrected chi connectivity index (χ4v) is 2.38. The maximum atomic E-state index is 5.62. The molecule has 11 heavy (non-hydrogen) atoms. The van der Waals surface area contributed by atoms with E-state index in [2.05, 4.69) is 12.2 Å². The van der Waals surface area contributed by atoms with Crippen molar-refractivity contribution in [3.63, 3.8) is 0 Å².